The lowest BCUT2D eigenvalue weighted by Gasteiger charge is -2.12. The topological polar surface area (TPSA) is 74.6 Å². The van der Waals surface area contributed by atoms with Crippen molar-refractivity contribution in [2.24, 2.45) is 0 Å². The third-order valence-electron chi connectivity index (χ3n) is 5.32. The number of rotatable bonds is 11. The van der Waals surface area contributed by atoms with Crippen LogP contribution in [0.4, 0.5) is 5.69 Å². The number of carbonyl (C=O) groups is 1. The Morgan fingerprint density at radius 1 is 0.892 bits per heavy atom. The van der Waals surface area contributed by atoms with Crippen molar-refractivity contribution in [1.29, 1.82) is 0 Å². The van der Waals surface area contributed by atoms with Crippen LogP contribution < -0.4 is 19.5 Å². The second-order valence-corrected chi connectivity index (χ2v) is 8.94. The molecule has 0 aliphatic rings. The molecule has 0 bridgehead atoms. The third kappa shape index (κ3) is 7.18. The van der Waals surface area contributed by atoms with E-state index in [1.54, 1.807) is 47.4 Å². The van der Waals surface area contributed by atoms with E-state index in [4.69, 9.17) is 37.4 Å². The molecule has 37 heavy (non-hydrogen) atoms. The second-order valence-electron chi connectivity index (χ2n) is 8.09. The molecule has 1 N–H and O–H groups in total. The molecule has 0 aliphatic carbocycles. The van der Waals surface area contributed by atoms with Crippen LogP contribution in [0.25, 0.3) is 0 Å². The van der Waals surface area contributed by atoms with Crippen LogP contribution in [0.2, 0.25) is 10.0 Å². The zero-order valence-electron chi connectivity index (χ0n) is 20.5. The number of nitrogens with one attached hydrogen (secondary N) is 1. The summed E-state index contributed by atoms with van der Waals surface area (Å²) in [6.45, 7) is 5.75. The van der Waals surface area contributed by atoms with E-state index in [9.17, 15) is 4.79 Å². The molecule has 9 heteroatoms. The molecule has 4 aromatic rings. The number of ether oxygens (including phenoxy) is 3. The van der Waals surface area contributed by atoms with Crippen LogP contribution in [-0.4, -0.2) is 28.9 Å². The molecular formula is C28H27Cl2N3O4. The SMILES string of the molecule is CCOc1ccc(Cn2cc(NC(=O)c3cccc(COc4ccc(Cl)cc4Cl)c3)cn2)cc1OCC. The van der Waals surface area contributed by atoms with Gasteiger partial charge in [-0.05, 0) is 67.4 Å². The first-order valence-electron chi connectivity index (χ1n) is 11.8. The van der Waals surface area contributed by atoms with Crippen molar-refractivity contribution >= 4 is 34.8 Å². The van der Waals surface area contributed by atoms with Crippen LogP contribution in [0.3, 0.4) is 0 Å². The van der Waals surface area contributed by atoms with Gasteiger partial charge in [0.15, 0.2) is 11.5 Å². The second kappa shape index (κ2) is 12.5. The summed E-state index contributed by atoms with van der Waals surface area (Å²) in [5.41, 5.74) is 2.93. The predicted molar refractivity (Wildman–Crippen MR) is 145 cm³/mol. The Bertz CT molecular complexity index is 1370. The average Bonchev–Trinajstić information content (AvgIpc) is 3.32. The lowest BCUT2D eigenvalue weighted by atomic mass is 10.1. The summed E-state index contributed by atoms with van der Waals surface area (Å²) in [6.07, 6.45) is 3.40. The summed E-state index contributed by atoms with van der Waals surface area (Å²) in [5, 5.41) is 8.23. The van der Waals surface area contributed by atoms with E-state index < -0.39 is 0 Å². The summed E-state index contributed by atoms with van der Waals surface area (Å²) in [4.78, 5) is 12.9. The Morgan fingerprint density at radius 2 is 1.68 bits per heavy atom. The molecule has 192 valence electrons. The van der Waals surface area contributed by atoms with Gasteiger partial charge in [-0.25, -0.2) is 0 Å². The van der Waals surface area contributed by atoms with E-state index in [0.717, 1.165) is 11.1 Å². The van der Waals surface area contributed by atoms with Gasteiger partial charge in [0, 0.05) is 16.8 Å². The van der Waals surface area contributed by atoms with Crippen LogP contribution in [0, 0.1) is 0 Å². The van der Waals surface area contributed by atoms with Gasteiger partial charge < -0.3 is 19.5 Å². The molecule has 0 radical (unpaired) electrons. The number of hydrogen-bond acceptors (Lipinski definition) is 5. The maximum atomic E-state index is 12.9. The minimum atomic E-state index is -0.245. The number of aromatic nitrogens is 2. The lowest BCUT2D eigenvalue weighted by Crippen LogP contribution is -2.12. The van der Waals surface area contributed by atoms with E-state index in [1.807, 2.05) is 44.2 Å². The summed E-state index contributed by atoms with van der Waals surface area (Å²) < 4.78 is 18.9. The van der Waals surface area contributed by atoms with Crippen molar-refractivity contribution in [1.82, 2.24) is 9.78 Å². The van der Waals surface area contributed by atoms with Gasteiger partial charge in [0.05, 0.1) is 36.7 Å². The van der Waals surface area contributed by atoms with Crippen molar-refractivity contribution in [2.45, 2.75) is 27.0 Å². The van der Waals surface area contributed by atoms with E-state index in [1.165, 1.54) is 0 Å². The van der Waals surface area contributed by atoms with Crippen molar-refractivity contribution in [2.75, 3.05) is 18.5 Å². The van der Waals surface area contributed by atoms with E-state index in [2.05, 4.69) is 10.4 Å². The molecule has 0 aliphatic heterocycles. The lowest BCUT2D eigenvalue weighted by molar-refractivity contribution is 0.102. The molecule has 1 heterocycles. The Labute approximate surface area is 225 Å². The van der Waals surface area contributed by atoms with Crippen molar-refractivity contribution < 1.29 is 19.0 Å². The first-order valence-corrected chi connectivity index (χ1v) is 12.6. The standard InChI is InChI=1S/C28H27Cl2N3O4/c1-3-35-26-10-8-19(13-27(26)36-4-2)16-33-17-23(15-31-33)32-28(34)21-7-5-6-20(12-21)18-37-25-11-9-22(29)14-24(25)30/h5-15,17H,3-4,16,18H2,1-2H3,(H,32,34). The van der Waals surface area contributed by atoms with E-state index >= 15 is 0 Å². The van der Waals surface area contributed by atoms with Crippen molar-refractivity contribution in [3.63, 3.8) is 0 Å². The molecule has 4 rings (SSSR count). The fraction of sp³-hybridized carbons (Fsp3) is 0.214. The zero-order valence-corrected chi connectivity index (χ0v) is 22.1. The summed E-state index contributed by atoms with van der Waals surface area (Å²) >= 11 is 12.1. The van der Waals surface area contributed by atoms with Gasteiger partial charge in [-0.2, -0.15) is 5.10 Å². The maximum absolute atomic E-state index is 12.9. The normalized spacial score (nSPS) is 10.7. The summed E-state index contributed by atoms with van der Waals surface area (Å²) in [5.74, 6) is 1.69. The molecule has 7 nitrogen and oxygen atoms in total. The van der Waals surface area contributed by atoms with Crippen LogP contribution in [0.15, 0.2) is 73.1 Å². The fourth-order valence-corrected chi connectivity index (χ4v) is 4.12. The van der Waals surface area contributed by atoms with Crippen LogP contribution in [0.1, 0.15) is 35.3 Å². The highest BCUT2D eigenvalue weighted by Crippen LogP contribution is 2.29. The monoisotopic (exact) mass is 539 g/mol. The minimum Gasteiger partial charge on any atom is -0.490 e. The highest BCUT2D eigenvalue weighted by molar-refractivity contribution is 6.35. The van der Waals surface area contributed by atoms with E-state index in [-0.39, 0.29) is 12.5 Å². The number of benzene rings is 3. The predicted octanol–water partition coefficient (Wildman–Crippen LogP) is 6.87. The zero-order chi connectivity index (χ0) is 26.2. The molecule has 0 atom stereocenters. The van der Waals surface area contributed by atoms with Gasteiger partial charge in [-0.3, -0.25) is 9.48 Å². The molecule has 0 saturated carbocycles. The smallest absolute Gasteiger partial charge is 0.255 e. The fourth-order valence-electron chi connectivity index (χ4n) is 3.65. The van der Waals surface area contributed by atoms with E-state index in [0.29, 0.717) is 58.3 Å². The van der Waals surface area contributed by atoms with Crippen LogP contribution >= 0.6 is 23.2 Å². The quantitative estimate of drug-likeness (QED) is 0.225. The molecule has 0 saturated heterocycles. The summed E-state index contributed by atoms with van der Waals surface area (Å²) in [6, 6.07) is 18.1. The molecular weight excluding hydrogens is 513 g/mol. The number of carbonyl (C=O) groups excluding carboxylic acids is 1. The number of hydrogen-bond donors (Lipinski definition) is 1. The molecule has 0 fully saturated rings. The van der Waals surface area contributed by atoms with Gasteiger partial charge in [0.2, 0.25) is 0 Å². The van der Waals surface area contributed by atoms with Gasteiger partial charge in [0.25, 0.3) is 5.91 Å². The molecule has 1 amide bonds. The number of nitrogens with zero attached hydrogens (tertiary/aromatic N) is 2. The summed E-state index contributed by atoms with van der Waals surface area (Å²) in [7, 11) is 0. The minimum absolute atomic E-state index is 0.245. The van der Waals surface area contributed by atoms with Crippen LogP contribution in [-0.2, 0) is 13.2 Å². The highest BCUT2D eigenvalue weighted by Gasteiger charge is 2.11. The Balaban J connectivity index is 1.37. The molecule has 0 unspecified atom stereocenters. The van der Waals surface area contributed by atoms with Crippen molar-refractivity contribution in [3.05, 3.63) is 99.8 Å². The van der Waals surface area contributed by atoms with Gasteiger partial charge in [-0.15, -0.1) is 0 Å². The maximum Gasteiger partial charge on any atom is 0.255 e. The first kappa shape index (κ1) is 26.4. The average molecular weight is 540 g/mol. The molecule has 0 spiro atoms. The largest absolute Gasteiger partial charge is 0.490 e. The van der Waals surface area contributed by atoms with Gasteiger partial charge in [-0.1, -0.05) is 41.4 Å². The number of anilines is 1. The van der Waals surface area contributed by atoms with Crippen LogP contribution in [0.5, 0.6) is 17.2 Å². The van der Waals surface area contributed by atoms with Crippen molar-refractivity contribution in [3.8, 4) is 17.2 Å². The Morgan fingerprint density at radius 3 is 2.46 bits per heavy atom. The Hall–Kier alpha value is -3.68. The first-order chi connectivity index (χ1) is 17.9. The molecule has 3 aromatic carbocycles. The number of halogens is 2. The van der Waals surface area contributed by atoms with Gasteiger partial charge >= 0.3 is 0 Å². The molecule has 1 aromatic heterocycles. The number of amides is 1. The Kier molecular flexibility index (Phi) is 8.93. The third-order valence-corrected chi connectivity index (χ3v) is 5.85. The van der Waals surface area contributed by atoms with Gasteiger partial charge in [0.1, 0.15) is 12.4 Å². The highest BCUT2D eigenvalue weighted by atomic mass is 35.5.